The van der Waals surface area contributed by atoms with Gasteiger partial charge in [0.1, 0.15) is 0 Å². The minimum atomic E-state index is 0.694. The second-order valence-electron chi connectivity index (χ2n) is 4.27. The van der Waals surface area contributed by atoms with Gasteiger partial charge >= 0.3 is 0 Å². The fourth-order valence-electron chi connectivity index (χ4n) is 2.32. The molecule has 0 saturated heterocycles. The molecule has 1 aromatic rings. The zero-order valence-electron chi connectivity index (χ0n) is 10.7. The summed E-state index contributed by atoms with van der Waals surface area (Å²) in [6.45, 7) is 8.36. The molecule has 92 valence electrons. The number of benzene rings is 1. The van der Waals surface area contributed by atoms with E-state index in [-0.39, 0.29) is 0 Å². The van der Waals surface area contributed by atoms with Crippen molar-refractivity contribution in [2.45, 2.75) is 33.6 Å². The van der Waals surface area contributed by atoms with Crippen LogP contribution in [0.25, 0.3) is 0 Å². The summed E-state index contributed by atoms with van der Waals surface area (Å²) in [5.41, 5.74) is 3.12. The van der Waals surface area contributed by atoms with Crippen LogP contribution in [0.5, 0.6) is 11.5 Å². The third-order valence-corrected chi connectivity index (χ3v) is 3.21. The molecule has 3 heteroatoms. The van der Waals surface area contributed by atoms with E-state index in [0.29, 0.717) is 5.56 Å². The van der Waals surface area contributed by atoms with Gasteiger partial charge in [-0.3, -0.25) is 4.79 Å². The van der Waals surface area contributed by atoms with Crippen molar-refractivity contribution < 1.29 is 9.53 Å². The molecular weight excluding hydrogens is 214 g/mol. The number of hydrogen-bond donors (Lipinski definition) is 0. The molecule has 0 aliphatic carbocycles. The van der Waals surface area contributed by atoms with E-state index in [1.54, 1.807) is 0 Å². The minimum absolute atomic E-state index is 0.694. The second-order valence-corrected chi connectivity index (χ2v) is 4.27. The van der Waals surface area contributed by atoms with Crippen molar-refractivity contribution >= 4 is 12.0 Å². The molecule has 0 N–H and O–H groups in total. The Morgan fingerprint density at radius 2 is 1.94 bits per heavy atom. The van der Waals surface area contributed by atoms with Gasteiger partial charge in [-0.1, -0.05) is 13.3 Å². The lowest BCUT2D eigenvalue weighted by molar-refractivity contribution is 0.112. The molecule has 1 aliphatic rings. The van der Waals surface area contributed by atoms with Gasteiger partial charge in [-0.2, -0.15) is 0 Å². The van der Waals surface area contributed by atoms with Gasteiger partial charge in [0.2, 0.25) is 0 Å². The Morgan fingerprint density at radius 3 is 2.47 bits per heavy atom. The Morgan fingerprint density at radius 1 is 1.24 bits per heavy atom. The predicted octanol–water partition coefficient (Wildman–Crippen LogP) is 3.40. The summed E-state index contributed by atoms with van der Waals surface area (Å²) >= 11 is 0. The summed E-state index contributed by atoms with van der Waals surface area (Å²) in [6.07, 6.45) is 2.95. The normalized spacial score (nSPS) is 11.7. The number of carbonyl (C=O) groups excluding carboxylic acids is 1. The molecule has 1 aliphatic heterocycles. The average molecular weight is 233 g/mol. The minimum Gasteiger partial charge on any atom is -0.446 e. The lowest BCUT2D eigenvalue weighted by Crippen LogP contribution is -2.22. The molecule has 0 aromatic heterocycles. The van der Waals surface area contributed by atoms with Crippen LogP contribution >= 0.6 is 0 Å². The van der Waals surface area contributed by atoms with Gasteiger partial charge < -0.3 is 9.64 Å². The van der Waals surface area contributed by atoms with Crippen LogP contribution in [-0.2, 0) is 6.42 Å². The molecule has 0 radical (unpaired) electrons. The predicted molar refractivity (Wildman–Crippen MR) is 69.5 cm³/mol. The number of carbonyl (C=O) groups is 1. The average Bonchev–Trinajstić information content (AvgIpc) is 3.12. The topological polar surface area (TPSA) is 32.8 Å². The van der Waals surface area contributed by atoms with Crippen LogP contribution in [0.15, 0.2) is 6.07 Å². The first-order valence-corrected chi connectivity index (χ1v) is 6.34. The Bertz CT molecular complexity index is 436. The molecule has 0 bridgehead atoms. The van der Waals surface area contributed by atoms with Gasteiger partial charge in [-0.15, -0.1) is 0 Å². The Kier molecular flexibility index (Phi) is 3.36. The van der Waals surface area contributed by atoms with Crippen LogP contribution in [0.1, 0.15) is 43.1 Å². The molecule has 3 nitrogen and oxygen atoms in total. The maximum absolute atomic E-state index is 10.9. The van der Waals surface area contributed by atoms with Crippen molar-refractivity contribution in [3.05, 3.63) is 17.2 Å². The molecule has 0 amide bonds. The van der Waals surface area contributed by atoms with Crippen LogP contribution in [-0.4, -0.2) is 19.4 Å². The monoisotopic (exact) mass is 233 g/mol. The summed E-state index contributed by atoms with van der Waals surface area (Å²) < 4.78 is 5.49. The molecule has 0 fully saturated rings. The highest BCUT2D eigenvalue weighted by atomic mass is 16.6. The van der Waals surface area contributed by atoms with Crippen molar-refractivity contribution in [2.24, 2.45) is 0 Å². The third kappa shape index (κ3) is 2.02. The molecule has 17 heavy (non-hydrogen) atoms. The van der Waals surface area contributed by atoms with E-state index in [0.717, 1.165) is 43.7 Å². The number of fused-ring (bicyclic) bond motifs is 1. The van der Waals surface area contributed by atoms with Crippen molar-refractivity contribution in [1.29, 1.82) is 0 Å². The molecule has 0 saturated carbocycles. The van der Waals surface area contributed by atoms with E-state index in [4.69, 9.17) is 4.74 Å². The Labute approximate surface area is 102 Å². The zero-order valence-corrected chi connectivity index (χ0v) is 10.7. The molecule has 1 heterocycles. The van der Waals surface area contributed by atoms with Gasteiger partial charge in [-0.05, 0) is 31.9 Å². The van der Waals surface area contributed by atoms with Gasteiger partial charge in [0.05, 0.1) is 11.3 Å². The van der Waals surface area contributed by atoms with E-state index >= 15 is 0 Å². The zero-order chi connectivity index (χ0) is 12.4. The Hall–Kier alpha value is -1.51. The standard InChI is InChI=1S/C14H19NO2/c1-4-7-10-8-11(9-16)13-14(17-13)12(10)15(5-2)6-3/h8-9H,4-7H2,1-3H3. The van der Waals surface area contributed by atoms with Crippen LogP contribution in [0, 0.1) is 0 Å². The third-order valence-electron chi connectivity index (χ3n) is 3.21. The first-order chi connectivity index (χ1) is 8.26. The maximum Gasteiger partial charge on any atom is 0.194 e. The molecule has 1 aromatic carbocycles. The molecule has 0 spiro atoms. The van der Waals surface area contributed by atoms with E-state index in [9.17, 15) is 4.79 Å². The van der Waals surface area contributed by atoms with Crippen molar-refractivity contribution in [3.63, 3.8) is 0 Å². The quantitative estimate of drug-likeness (QED) is 0.566. The number of aldehydes is 1. The maximum atomic E-state index is 10.9. The van der Waals surface area contributed by atoms with Crippen LogP contribution in [0.2, 0.25) is 0 Å². The highest BCUT2D eigenvalue weighted by Gasteiger charge is 2.33. The van der Waals surface area contributed by atoms with Crippen molar-refractivity contribution in [3.8, 4) is 11.5 Å². The summed E-state index contributed by atoms with van der Waals surface area (Å²) in [6, 6.07) is 1.98. The number of nitrogens with zero attached hydrogens (tertiary/aromatic N) is 1. The van der Waals surface area contributed by atoms with Crippen LogP contribution < -0.4 is 9.64 Å². The van der Waals surface area contributed by atoms with Crippen molar-refractivity contribution in [1.82, 2.24) is 0 Å². The highest BCUT2D eigenvalue weighted by molar-refractivity contribution is 5.91. The lowest BCUT2D eigenvalue weighted by atomic mass is 10.0. The summed E-state index contributed by atoms with van der Waals surface area (Å²) in [5.74, 6) is 1.70. The van der Waals surface area contributed by atoms with Crippen LogP contribution in [0.3, 0.4) is 0 Å². The number of aryl methyl sites for hydroxylation is 1. The first kappa shape index (κ1) is 12.0. The summed E-state index contributed by atoms with van der Waals surface area (Å²) in [5, 5.41) is 0. The first-order valence-electron chi connectivity index (χ1n) is 6.34. The van der Waals surface area contributed by atoms with Crippen molar-refractivity contribution in [2.75, 3.05) is 18.0 Å². The van der Waals surface area contributed by atoms with Crippen LogP contribution in [0.4, 0.5) is 5.69 Å². The number of hydrogen-bond acceptors (Lipinski definition) is 3. The second kappa shape index (κ2) is 4.78. The smallest absolute Gasteiger partial charge is 0.194 e. The van der Waals surface area contributed by atoms with Gasteiger partial charge in [-0.25, -0.2) is 0 Å². The van der Waals surface area contributed by atoms with Gasteiger partial charge in [0.25, 0.3) is 0 Å². The molecule has 0 atom stereocenters. The van der Waals surface area contributed by atoms with Gasteiger partial charge in [0, 0.05) is 13.1 Å². The molecular formula is C14H19NO2. The molecule has 0 unspecified atom stereocenters. The highest BCUT2D eigenvalue weighted by Crippen LogP contribution is 2.56. The largest absolute Gasteiger partial charge is 0.446 e. The number of ether oxygens (including phenoxy) is 1. The molecule has 2 rings (SSSR count). The number of anilines is 1. The van der Waals surface area contributed by atoms with E-state index in [1.165, 1.54) is 11.3 Å². The fourth-order valence-corrected chi connectivity index (χ4v) is 2.32. The summed E-state index contributed by atoms with van der Waals surface area (Å²) in [4.78, 5) is 13.2. The SMILES string of the molecule is CCCc1cc(C=O)c2c(c1N(CC)CC)O2. The van der Waals surface area contributed by atoms with E-state index in [2.05, 4.69) is 25.7 Å². The number of rotatable bonds is 6. The Balaban J connectivity index is 2.47. The fraction of sp³-hybridized carbons (Fsp3) is 0.500. The lowest BCUT2D eigenvalue weighted by Gasteiger charge is -2.22. The van der Waals surface area contributed by atoms with E-state index in [1.807, 2.05) is 6.07 Å². The van der Waals surface area contributed by atoms with Gasteiger partial charge in [0.15, 0.2) is 17.8 Å². The summed E-state index contributed by atoms with van der Waals surface area (Å²) in [7, 11) is 0. The van der Waals surface area contributed by atoms with E-state index < -0.39 is 0 Å².